The first kappa shape index (κ1) is 19.8. The van der Waals surface area contributed by atoms with E-state index >= 15 is 0 Å². The van der Waals surface area contributed by atoms with E-state index in [0.717, 1.165) is 50.5 Å². The van der Waals surface area contributed by atoms with Crippen LogP contribution in [0.15, 0.2) is 27.6 Å². The van der Waals surface area contributed by atoms with Crippen LogP contribution in [-0.4, -0.2) is 26.7 Å². The molecule has 0 radical (unpaired) electrons. The molecule has 5 rings (SSSR count). The topological polar surface area (TPSA) is 90.9 Å². The summed E-state index contributed by atoms with van der Waals surface area (Å²) in [5.41, 5.74) is -0.152. The Morgan fingerprint density at radius 2 is 1.72 bits per heavy atom. The lowest BCUT2D eigenvalue weighted by Gasteiger charge is -2.64. The minimum Gasteiger partial charge on any atom is -0.431 e. The molecular formula is C24H34O5. The van der Waals surface area contributed by atoms with Gasteiger partial charge in [0.25, 0.3) is 0 Å². The molecule has 0 unspecified atom stereocenters. The van der Waals surface area contributed by atoms with Gasteiger partial charge in [-0.25, -0.2) is 4.79 Å². The quantitative estimate of drug-likeness (QED) is 0.625. The van der Waals surface area contributed by atoms with E-state index in [4.69, 9.17) is 4.42 Å². The largest absolute Gasteiger partial charge is 0.431 e. The van der Waals surface area contributed by atoms with Gasteiger partial charge < -0.3 is 19.7 Å². The average molecular weight is 403 g/mol. The molecule has 0 aliphatic heterocycles. The number of aliphatic hydroxyl groups is 3. The number of fused-ring (bicyclic) bond motifs is 5. The van der Waals surface area contributed by atoms with Gasteiger partial charge >= 0.3 is 5.63 Å². The maximum absolute atomic E-state index is 12.2. The van der Waals surface area contributed by atoms with Gasteiger partial charge in [0.05, 0.1) is 11.9 Å². The normalized spacial score (nSPS) is 48.4. The summed E-state index contributed by atoms with van der Waals surface area (Å²) in [4.78, 5) is 11.4. The van der Waals surface area contributed by atoms with Gasteiger partial charge in [-0.15, -0.1) is 0 Å². The summed E-state index contributed by atoms with van der Waals surface area (Å²) in [5.74, 6) is -0.304. The highest BCUT2D eigenvalue weighted by Gasteiger charge is 2.67. The van der Waals surface area contributed by atoms with Gasteiger partial charge in [-0.2, -0.15) is 0 Å². The molecular weight excluding hydrogens is 368 g/mol. The van der Waals surface area contributed by atoms with Crippen LogP contribution in [0.4, 0.5) is 0 Å². The number of hydrogen-bond donors (Lipinski definition) is 3. The average Bonchev–Trinajstić information content (AvgIpc) is 2.95. The molecule has 0 aromatic carbocycles. The van der Waals surface area contributed by atoms with E-state index in [2.05, 4.69) is 13.8 Å². The molecule has 4 saturated carbocycles. The lowest BCUT2D eigenvalue weighted by atomic mass is 9.43. The van der Waals surface area contributed by atoms with E-state index < -0.39 is 11.4 Å². The van der Waals surface area contributed by atoms with Crippen molar-refractivity contribution in [2.75, 3.05) is 0 Å². The van der Waals surface area contributed by atoms with Crippen molar-refractivity contribution in [3.63, 3.8) is 0 Å². The Labute approximate surface area is 172 Å². The zero-order chi connectivity index (χ0) is 20.7. The van der Waals surface area contributed by atoms with Crippen LogP contribution in [0.25, 0.3) is 0 Å². The Morgan fingerprint density at radius 3 is 2.45 bits per heavy atom. The van der Waals surface area contributed by atoms with Crippen molar-refractivity contribution in [2.24, 2.45) is 28.6 Å². The van der Waals surface area contributed by atoms with Gasteiger partial charge in [-0.1, -0.05) is 13.8 Å². The third kappa shape index (κ3) is 2.66. The van der Waals surface area contributed by atoms with E-state index in [1.54, 1.807) is 6.26 Å². The molecule has 1 aromatic heterocycles. The molecule has 0 amide bonds. The highest BCUT2D eigenvalue weighted by atomic mass is 16.5. The molecule has 0 spiro atoms. The standard InChI is InChI=1S/C24H34O5/c1-21-11-12-23(26,27)13-16(21)4-5-19-18(21)7-9-22(2)17(8-10-24(19,22)28)15-3-6-20(25)29-14-15/h3,6,14,16-19,26-28H,4-5,7-13H2,1-2H3/t16-,17-,18+,19-,21+,22-,24+/m1/s1. The van der Waals surface area contributed by atoms with Gasteiger partial charge in [0.2, 0.25) is 0 Å². The number of rotatable bonds is 1. The monoisotopic (exact) mass is 402 g/mol. The van der Waals surface area contributed by atoms with Crippen LogP contribution >= 0.6 is 0 Å². The SMILES string of the molecule is C[C@]12CCC(O)(O)C[C@H]1CC[C@@H]1[C@@H]2CC[C@]2(C)[C@@H](c3ccc(=O)oc3)CC[C@]12O. The van der Waals surface area contributed by atoms with Gasteiger partial charge in [0.1, 0.15) is 0 Å². The molecule has 29 heavy (non-hydrogen) atoms. The van der Waals surface area contributed by atoms with Crippen LogP contribution < -0.4 is 5.63 Å². The van der Waals surface area contributed by atoms with Crippen molar-refractivity contribution in [1.82, 2.24) is 0 Å². The third-order valence-corrected chi connectivity index (χ3v) is 10.0. The Morgan fingerprint density at radius 1 is 0.931 bits per heavy atom. The molecule has 0 saturated heterocycles. The van der Waals surface area contributed by atoms with Crippen molar-refractivity contribution in [3.05, 3.63) is 34.4 Å². The van der Waals surface area contributed by atoms with Crippen LogP contribution in [0, 0.1) is 28.6 Å². The Balaban J connectivity index is 1.47. The summed E-state index contributed by atoms with van der Waals surface area (Å²) in [7, 11) is 0. The fourth-order valence-corrected chi connectivity index (χ4v) is 8.29. The van der Waals surface area contributed by atoms with E-state index in [1.807, 2.05) is 6.07 Å². The minimum absolute atomic E-state index is 0.0760. The molecule has 0 bridgehead atoms. The van der Waals surface area contributed by atoms with E-state index in [9.17, 15) is 20.1 Å². The molecule has 1 aromatic rings. The van der Waals surface area contributed by atoms with Crippen LogP contribution in [0.5, 0.6) is 0 Å². The molecule has 5 heteroatoms. The maximum Gasteiger partial charge on any atom is 0.335 e. The summed E-state index contributed by atoms with van der Waals surface area (Å²) in [6.07, 6.45) is 8.99. The van der Waals surface area contributed by atoms with E-state index in [-0.39, 0.29) is 28.3 Å². The predicted molar refractivity (Wildman–Crippen MR) is 108 cm³/mol. The van der Waals surface area contributed by atoms with Crippen LogP contribution in [0.3, 0.4) is 0 Å². The van der Waals surface area contributed by atoms with Gasteiger partial charge in [0, 0.05) is 24.3 Å². The predicted octanol–water partition coefficient (Wildman–Crippen LogP) is 3.56. The molecule has 5 nitrogen and oxygen atoms in total. The fraction of sp³-hybridized carbons (Fsp3) is 0.792. The van der Waals surface area contributed by atoms with E-state index in [0.29, 0.717) is 24.7 Å². The second-order valence-electron chi connectivity index (χ2n) is 11.0. The first-order valence-corrected chi connectivity index (χ1v) is 11.3. The lowest BCUT2D eigenvalue weighted by molar-refractivity contribution is -0.250. The van der Waals surface area contributed by atoms with Crippen molar-refractivity contribution in [3.8, 4) is 0 Å². The Hall–Kier alpha value is -1.17. The fourth-order valence-electron chi connectivity index (χ4n) is 8.29. The second kappa shape index (κ2) is 6.18. The molecule has 4 fully saturated rings. The molecule has 4 aliphatic rings. The zero-order valence-corrected chi connectivity index (χ0v) is 17.6. The van der Waals surface area contributed by atoms with Crippen LogP contribution in [0.1, 0.15) is 83.1 Å². The van der Waals surface area contributed by atoms with Crippen molar-refractivity contribution < 1.29 is 19.7 Å². The van der Waals surface area contributed by atoms with Crippen molar-refractivity contribution in [2.45, 2.75) is 88.9 Å². The van der Waals surface area contributed by atoms with Gasteiger partial charge in [-0.05, 0) is 85.7 Å². The highest BCUT2D eigenvalue weighted by Crippen LogP contribution is 2.70. The molecule has 1 heterocycles. The smallest absolute Gasteiger partial charge is 0.335 e. The summed E-state index contributed by atoms with van der Waals surface area (Å²) in [5, 5.41) is 32.6. The van der Waals surface area contributed by atoms with Crippen LogP contribution in [-0.2, 0) is 0 Å². The lowest BCUT2D eigenvalue weighted by Crippen LogP contribution is -2.62. The van der Waals surface area contributed by atoms with Crippen molar-refractivity contribution in [1.29, 1.82) is 0 Å². The zero-order valence-electron chi connectivity index (χ0n) is 17.6. The van der Waals surface area contributed by atoms with Gasteiger partial charge in [-0.3, -0.25) is 0 Å². The molecule has 160 valence electrons. The van der Waals surface area contributed by atoms with Crippen molar-refractivity contribution >= 4 is 0 Å². The first-order valence-electron chi connectivity index (χ1n) is 11.3. The summed E-state index contributed by atoms with van der Waals surface area (Å²) in [6.45, 7) is 4.59. The first-order chi connectivity index (χ1) is 13.6. The second-order valence-corrected chi connectivity index (χ2v) is 11.0. The molecule has 7 atom stereocenters. The Bertz CT molecular complexity index is 841. The third-order valence-electron chi connectivity index (χ3n) is 10.0. The summed E-state index contributed by atoms with van der Waals surface area (Å²) in [6, 6.07) is 3.37. The minimum atomic E-state index is -1.52. The molecule has 4 aliphatic carbocycles. The maximum atomic E-state index is 12.2. The number of hydrogen-bond acceptors (Lipinski definition) is 5. The molecule has 3 N–H and O–H groups in total. The summed E-state index contributed by atoms with van der Waals surface area (Å²) < 4.78 is 5.16. The van der Waals surface area contributed by atoms with E-state index in [1.165, 1.54) is 6.07 Å². The Kier molecular flexibility index (Phi) is 4.21. The summed E-state index contributed by atoms with van der Waals surface area (Å²) >= 11 is 0. The highest BCUT2D eigenvalue weighted by molar-refractivity contribution is 5.27. The van der Waals surface area contributed by atoms with Crippen LogP contribution in [0.2, 0.25) is 0 Å². The van der Waals surface area contributed by atoms with Gasteiger partial charge in [0.15, 0.2) is 5.79 Å².